The first-order valence-electron chi connectivity index (χ1n) is 8.56. The van der Waals surface area contributed by atoms with Gasteiger partial charge in [-0.3, -0.25) is 5.57 Å². The molecule has 0 fully saturated rings. The maximum absolute atomic E-state index is 5.54. The van der Waals surface area contributed by atoms with Crippen LogP contribution in [0.5, 0.6) is 0 Å². The first-order chi connectivity index (χ1) is 11.5. The Morgan fingerprint density at radius 2 is 1.65 bits per heavy atom. The van der Waals surface area contributed by atoms with Gasteiger partial charge in [0.15, 0.2) is 0 Å². The van der Waals surface area contributed by atoms with Crippen molar-refractivity contribution in [3.8, 4) is 0 Å². The normalized spacial score (nSPS) is 9.27. The summed E-state index contributed by atoms with van der Waals surface area (Å²) in [6, 6.07) is 16.8. The standard InChI is InChI=1S/C12H17N.C10H11.2CH3.Mo/c1-4-6-10-7-5-8-11(9(2)3)12(10)13;1-9(2)8-10-6-4-3-5-7-10;;;/h5,7-9H,4,6H2,1-3H3;1,3-7H,8H2,2H3;2*1H3;/q;3*-1;. The van der Waals surface area contributed by atoms with E-state index in [9.17, 15) is 0 Å². The van der Waals surface area contributed by atoms with Gasteiger partial charge < -0.3 is 21.4 Å². The molecule has 0 aromatic heterocycles. The molecule has 0 radical (unpaired) electrons. The maximum Gasteiger partial charge on any atom is -0.0392 e. The Kier molecular flexibility index (Phi) is 15.3. The zero-order chi connectivity index (χ0) is 17.9. The summed E-state index contributed by atoms with van der Waals surface area (Å²) in [7, 11) is 0. The van der Waals surface area contributed by atoms with Crippen molar-refractivity contribution < 1.29 is 19.6 Å². The van der Waals surface area contributed by atoms with E-state index in [4.69, 9.17) is 6.58 Å². The first kappa shape index (κ1) is 26.9. The molecule has 0 atom stereocenters. The molecule has 2 heteroatoms. The van der Waals surface area contributed by atoms with Crippen molar-refractivity contribution in [2.45, 2.75) is 52.9 Å². The molecule has 2 aromatic rings. The molecular weight excluding hydrogens is 398 g/mol. The molecule has 0 bridgehead atoms. The third-order valence-corrected chi connectivity index (χ3v) is 4.16. The van der Waals surface area contributed by atoms with Crippen LogP contribution in [-0.2, 0) is 32.5 Å². The summed E-state index contributed by atoms with van der Waals surface area (Å²) in [4.78, 5) is 0. The predicted octanol–water partition coefficient (Wildman–Crippen LogP) is 7.63. The second-order valence-corrected chi connectivity index (χ2v) is 6.81. The average Bonchev–Trinajstić information content (AvgIpc) is 2.56. The molecule has 144 valence electrons. The van der Waals surface area contributed by atoms with Gasteiger partial charge in [-0.05, 0) is 12.0 Å². The quantitative estimate of drug-likeness (QED) is 0.329. The fraction of sp³-hybridized carbons (Fsp3) is 0.333. The van der Waals surface area contributed by atoms with E-state index in [0.29, 0.717) is 5.92 Å². The molecule has 0 N–H and O–H groups in total. The van der Waals surface area contributed by atoms with Gasteiger partial charge in [-0.2, -0.15) is 0 Å². The molecule has 0 aliphatic heterocycles. The van der Waals surface area contributed by atoms with Gasteiger partial charge in [0.25, 0.3) is 0 Å². The minimum Gasteiger partial charge on any atom is -0.514 e. The van der Waals surface area contributed by atoms with Crippen molar-refractivity contribution in [1.29, 1.82) is 0 Å². The van der Waals surface area contributed by atoms with Gasteiger partial charge in [-0.25, -0.2) is 0 Å². The molecule has 26 heavy (non-hydrogen) atoms. The van der Waals surface area contributed by atoms with Gasteiger partial charge in [0.1, 0.15) is 0 Å². The molecule has 0 heterocycles. The Hall–Kier alpha value is -1.33. The van der Waals surface area contributed by atoms with E-state index in [1.54, 1.807) is 0 Å². The van der Waals surface area contributed by atoms with E-state index in [1.165, 1.54) is 28.8 Å². The summed E-state index contributed by atoms with van der Waals surface area (Å²) in [5.41, 5.74) is 6.23. The molecule has 0 saturated heterocycles. The third kappa shape index (κ3) is 9.39. The van der Waals surface area contributed by atoms with Gasteiger partial charge in [0, 0.05) is 0 Å². The second-order valence-electron chi connectivity index (χ2n) is 6.36. The van der Waals surface area contributed by atoms with Crippen molar-refractivity contribution in [2.24, 2.45) is 3.50 Å². The molecule has 0 saturated carbocycles. The number of rotatable bonds is 6. The summed E-state index contributed by atoms with van der Waals surface area (Å²) in [5.74, 6) is 0.562. The Morgan fingerprint density at radius 3 is 2.12 bits per heavy atom. The van der Waals surface area contributed by atoms with E-state index in [0.717, 1.165) is 18.4 Å². The van der Waals surface area contributed by atoms with Crippen LogP contribution >= 0.6 is 0 Å². The van der Waals surface area contributed by atoms with Crippen molar-refractivity contribution in [1.82, 2.24) is 0 Å². The van der Waals surface area contributed by atoms with Gasteiger partial charge >= 0.3 is 97.7 Å². The summed E-state index contributed by atoms with van der Waals surface area (Å²) < 4.78 is 4.42. The van der Waals surface area contributed by atoms with Crippen LogP contribution in [0.3, 0.4) is 0 Å². The molecule has 0 unspecified atom stereocenters. The van der Waals surface area contributed by atoms with Crippen molar-refractivity contribution >= 4 is 5.69 Å². The first-order valence-corrected chi connectivity index (χ1v) is 9.46. The maximum atomic E-state index is 5.54. The van der Waals surface area contributed by atoms with E-state index >= 15 is 0 Å². The molecule has 1 nitrogen and oxygen atoms in total. The van der Waals surface area contributed by atoms with Crippen LogP contribution in [0.2, 0.25) is 0 Å². The largest absolute Gasteiger partial charge is 0.514 e. The Balaban J connectivity index is 0. The summed E-state index contributed by atoms with van der Waals surface area (Å²) in [6.07, 6.45) is 3.21. The van der Waals surface area contributed by atoms with Crippen molar-refractivity contribution in [2.75, 3.05) is 0 Å². The van der Waals surface area contributed by atoms with Crippen LogP contribution in [0.1, 0.15) is 56.7 Å². The van der Waals surface area contributed by atoms with Gasteiger partial charge in [0.05, 0.1) is 0 Å². The number of allylic oxidation sites excluding steroid dienone is 1. The minimum absolute atomic E-state index is 0. The van der Waals surface area contributed by atoms with Gasteiger partial charge in [-0.1, -0.05) is 37.3 Å². The number of hydrogen-bond acceptors (Lipinski definition) is 1. The van der Waals surface area contributed by atoms with Crippen LogP contribution < -0.4 is 0 Å². The van der Waals surface area contributed by atoms with E-state index in [-0.39, 0.29) is 14.9 Å². The number of aryl methyl sites for hydroxylation is 1. The third-order valence-electron chi connectivity index (χ3n) is 3.71. The molecule has 0 aliphatic rings. The van der Waals surface area contributed by atoms with Gasteiger partial charge in [0.2, 0.25) is 0 Å². The SMILES string of the molecule is CCCc1cccc(C(C)C)c1[N]=[Mo].[CH-]=C(C)Cc1ccccc1.[CH3-].[CH3-]. The summed E-state index contributed by atoms with van der Waals surface area (Å²) in [6.45, 7) is 14.1. The number of hydrogen-bond donors (Lipinski definition) is 0. The predicted molar refractivity (Wildman–Crippen MR) is 113 cm³/mol. The summed E-state index contributed by atoms with van der Waals surface area (Å²) in [5, 5.41) is 0. The zero-order valence-corrected chi connectivity index (χ0v) is 19.3. The van der Waals surface area contributed by atoms with Crippen LogP contribution in [0.4, 0.5) is 5.69 Å². The second kappa shape index (κ2) is 14.8. The van der Waals surface area contributed by atoms with E-state index in [1.807, 2.05) is 44.8 Å². The van der Waals surface area contributed by atoms with Crippen molar-refractivity contribution in [3.05, 3.63) is 92.2 Å². The van der Waals surface area contributed by atoms with E-state index in [2.05, 4.69) is 54.6 Å². The Labute approximate surface area is 173 Å². The van der Waals surface area contributed by atoms with Crippen LogP contribution in [0, 0.1) is 21.4 Å². The minimum atomic E-state index is 0. The Morgan fingerprint density at radius 1 is 1.04 bits per heavy atom. The molecule has 0 aliphatic carbocycles. The molecule has 2 aromatic carbocycles. The average molecular weight is 432 g/mol. The Bertz CT molecular complexity index is 645. The fourth-order valence-electron chi connectivity index (χ4n) is 2.58. The smallest absolute Gasteiger partial charge is 0.0392 e. The molecule has 0 spiro atoms. The van der Waals surface area contributed by atoms with Crippen LogP contribution in [-0.4, -0.2) is 0 Å². The van der Waals surface area contributed by atoms with Crippen molar-refractivity contribution in [3.63, 3.8) is 0 Å². The van der Waals surface area contributed by atoms with E-state index < -0.39 is 0 Å². The monoisotopic (exact) mass is 434 g/mol. The topological polar surface area (TPSA) is 12.4 Å². The molecular formula is C24H34MoN-3. The van der Waals surface area contributed by atoms with Gasteiger partial charge in [-0.15, -0.1) is 0 Å². The molecule has 0 amide bonds. The number of benzene rings is 2. The van der Waals surface area contributed by atoms with Crippen LogP contribution in [0.25, 0.3) is 0 Å². The van der Waals surface area contributed by atoms with Crippen LogP contribution in [0.15, 0.2) is 57.6 Å². The fourth-order valence-corrected chi connectivity index (χ4v) is 3.12. The molecule has 2 rings (SSSR count). The number of nitrogens with zero attached hydrogens (tertiary/aromatic N) is 1. The zero-order valence-electron chi connectivity index (χ0n) is 17.3. The summed E-state index contributed by atoms with van der Waals surface area (Å²) >= 11 is 1.82.